The van der Waals surface area contributed by atoms with Gasteiger partial charge in [0.05, 0.1) is 11.9 Å². The Morgan fingerprint density at radius 1 is 1.53 bits per heavy atom. The summed E-state index contributed by atoms with van der Waals surface area (Å²) in [4.78, 5) is 18.6. The number of nitrogens with zero attached hydrogens (tertiary/aromatic N) is 2. The Balaban J connectivity index is 2.05. The summed E-state index contributed by atoms with van der Waals surface area (Å²) in [6, 6.07) is 3.91. The molecule has 5 heteroatoms. The molecule has 19 heavy (non-hydrogen) atoms. The number of nitrogen functional groups attached to an aromatic ring is 1. The number of hydrazine groups is 1. The second kappa shape index (κ2) is 6.02. The van der Waals surface area contributed by atoms with Gasteiger partial charge < -0.3 is 10.3 Å². The number of nitrogens with two attached hydrogens (primary N) is 1. The lowest BCUT2D eigenvalue weighted by atomic mass is 10.1. The summed E-state index contributed by atoms with van der Waals surface area (Å²) in [6.45, 7) is 5.17. The van der Waals surface area contributed by atoms with Crippen LogP contribution in [0.5, 0.6) is 0 Å². The number of hydrogen-bond donors (Lipinski definition) is 2. The molecule has 1 aliphatic rings. The Bertz CT molecular complexity index is 426. The van der Waals surface area contributed by atoms with Crippen molar-refractivity contribution in [1.82, 2.24) is 9.88 Å². The second-order valence-corrected chi connectivity index (χ2v) is 5.49. The molecule has 0 atom stereocenters. The van der Waals surface area contributed by atoms with E-state index in [4.69, 9.17) is 5.84 Å². The number of pyridine rings is 1. The van der Waals surface area contributed by atoms with Crippen LogP contribution in [0.15, 0.2) is 18.3 Å². The molecule has 1 amide bonds. The lowest BCUT2D eigenvalue weighted by Crippen LogP contribution is -2.35. The van der Waals surface area contributed by atoms with Crippen LogP contribution in [-0.2, 0) is 0 Å². The number of aromatic nitrogens is 1. The molecule has 1 saturated carbocycles. The van der Waals surface area contributed by atoms with Gasteiger partial charge in [-0.2, -0.15) is 0 Å². The lowest BCUT2D eigenvalue weighted by Gasteiger charge is -2.23. The molecule has 1 aromatic heterocycles. The molecule has 1 heterocycles. The minimum absolute atomic E-state index is 0.0340. The van der Waals surface area contributed by atoms with Crippen LogP contribution in [0.1, 0.15) is 43.6 Å². The molecule has 0 saturated heterocycles. The summed E-state index contributed by atoms with van der Waals surface area (Å²) < 4.78 is 0. The maximum Gasteiger partial charge on any atom is 0.272 e. The smallest absolute Gasteiger partial charge is 0.272 e. The summed E-state index contributed by atoms with van der Waals surface area (Å²) >= 11 is 0. The minimum atomic E-state index is 0.0340. The number of rotatable bonds is 6. The molecule has 2 rings (SSSR count). The summed E-state index contributed by atoms with van der Waals surface area (Å²) in [7, 11) is 0. The van der Waals surface area contributed by atoms with Crippen molar-refractivity contribution >= 4 is 11.6 Å². The highest BCUT2D eigenvalue weighted by molar-refractivity contribution is 5.92. The Morgan fingerprint density at radius 2 is 2.26 bits per heavy atom. The Morgan fingerprint density at radius 3 is 2.74 bits per heavy atom. The van der Waals surface area contributed by atoms with Crippen molar-refractivity contribution in [3.8, 4) is 0 Å². The minimum Gasteiger partial charge on any atom is -0.334 e. The van der Waals surface area contributed by atoms with Gasteiger partial charge in [-0.25, -0.2) is 4.98 Å². The van der Waals surface area contributed by atoms with Gasteiger partial charge in [0.25, 0.3) is 5.91 Å². The largest absolute Gasteiger partial charge is 0.334 e. The number of hydrogen-bond acceptors (Lipinski definition) is 4. The summed E-state index contributed by atoms with van der Waals surface area (Å²) in [6.07, 6.45) is 4.85. The van der Waals surface area contributed by atoms with Crippen LogP contribution in [0.25, 0.3) is 0 Å². The van der Waals surface area contributed by atoms with Crippen LogP contribution in [0.4, 0.5) is 5.69 Å². The average molecular weight is 262 g/mol. The fourth-order valence-corrected chi connectivity index (χ4v) is 1.99. The highest BCUT2D eigenvalue weighted by atomic mass is 16.2. The number of amides is 1. The van der Waals surface area contributed by atoms with Crippen LogP contribution >= 0.6 is 0 Å². The lowest BCUT2D eigenvalue weighted by molar-refractivity contribution is 0.0729. The molecule has 0 bridgehead atoms. The fourth-order valence-electron chi connectivity index (χ4n) is 1.99. The maximum absolute atomic E-state index is 12.5. The van der Waals surface area contributed by atoms with Crippen molar-refractivity contribution in [3.63, 3.8) is 0 Å². The zero-order valence-electron chi connectivity index (χ0n) is 11.6. The zero-order chi connectivity index (χ0) is 13.8. The van der Waals surface area contributed by atoms with Crippen LogP contribution in [0.2, 0.25) is 0 Å². The van der Waals surface area contributed by atoms with E-state index in [9.17, 15) is 4.79 Å². The molecule has 1 aliphatic carbocycles. The molecule has 104 valence electrons. The van der Waals surface area contributed by atoms with Gasteiger partial charge in [-0.05, 0) is 37.3 Å². The van der Waals surface area contributed by atoms with E-state index in [0.29, 0.717) is 23.3 Å². The van der Waals surface area contributed by atoms with E-state index < -0.39 is 0 Å². The van der Waals surface area contributed by atoms with Gasteiger partial charge in [0.1, 0.15) is 5.69 Å². The highest BCUT2D eigenvalue weighted by Gasteiger charge is 2.33. The Labute approximate surface area is 114 Å². The summed E-state index contributed by atoms with van der Waals surface area (Å²) in [5, 5.41) is 0. The maximum atomic E-state index is 12.5. The molecule has 0 radical (unpaired) electrons. The molecular formula is C14H22N4O. The molecule has 0 aliphatic heterocycles. The van der Waals surface area contributed by atoms with Crippen LogP contribution < -0.4 is 11.3 Å². The molecular weight excluding hydrogens is 240 g/mol. The average Bonchev–Trinajstić information content (AvgIpc) is 3.23. The zero-order valence-corrected chi connectivity index (χ0v) is 11.6. The van der Waals surface area contributed by atoms with E-state index in [1.54, 1.807) is 18.3 Å². The van der Waals surface area contributed by atoms with E-state index in [-0.39, 0.29) is 5.91 Å². The molecule has 1 aromatic rings. The molecule has 0 aromatic carbocycles. The second-order valence-electron chi connectivity index (χ2n) is 5.49. The third-order valence-electron chi connectivity index (χ3n) is 3.35. The van der Waals surface area contributed by atoms with Crippen molar-refractivity contribution in [2.75, 3.05) is 12.0 Å². The summed E-state index contributed by atoms with van der Waals surface area (Å²) in [5.74, 6) is 5.93. The van der Waals surface area contributed by atoms with Crippen molar-refractivity contribution < 1.29 is 4.79 Å². The van der Waals surface area contributed by atoms with Gasteiger partial charge in [-0.3, -0.25) is 10.6 Å². The van der Waals surface area contributed by atoms with Crippen molar-refractivity contribution in [2.45, 2.75) is 39.2 Å². The molecule has 0 spiro atoms. The SMILES string of the molecule is CC(C)CCN(C(=O)c1ccc(NN)cn1)C1CC1. The van der Waals surface area contributed by atoms with Crippen molar-refractivity contribution in [3.05, 3.63) is 24.0 Å². The molecule has 0 unspecified atom stereocenters. The first kappa shape index (κ1) is 13.8. The first-order valence-corrected chi connectivity index (χ1v) is 6.85. The number of anilines is 1. The van der Waals surface area contributed by atoms with Gasteiger partial charge in [-0.1, -0.05) is 13.8 Å². The quantitative estimate of drug-likeness (QED) is 0.608. The Kier molecular flexibility index (Phi) is 4.37. The summed E-state index contributed by atoms with van der Waals surface area (Å²) in [5.41, 5.74) is 3.71. The van der Waals surface area contributed by atoms with E-state index in [1.807, 2.05) is 4.90 Å². The Hall–Kier alpha value is -1.62. The van der Waals surface area contributed by atoms with Crippen molar-refractivity contribution in [1.29, 1.82) is 0 Å². The normalized spacial score (nSPS) is 14.5. The first-order valence-electron chi connectivity index (χ1n) is 6.85. The standard InChI is InChI=1S/C14H22N4O/c1-10(2)7-8-18(12-4-5-12)14(19)13-6-3-11(17-15)9-16-13/h3,6,9-10,12,17H,4-5,7-8,15H2,1-2H3. The van der Waals surface area contributed by atoms with Crippen LogP contribution in [-0.4, -0.2) is 28.4 Å². The highest BCUT2D eigenvalue weighted by Crippen LogP contribution is 2.28. The molecule has 5 nitrogen and oxygen atoms in total. The van der Waals surface area contributed by atoms with E-state index in [0.717, 1.165) is 25.8 Å². The molecule has 1 fully saturated rings. The molecule has 3 N–H and O–H groups in total. The fraction of sp³-hybridized carbons (Fsp3) is 0.571. The van der Waals surface area contributed by atoms with E-state index in [2.05, 4.69) is 24.3 Å². The predicted molar refractivity (Wildman–Crippen MR) is 75.6 cm³/mol. The van der Waals surface area contributed by atoms with Gasteiger partial charge in [-0.15, -0.1) is 0 Å². The third kappa shape index (κ3) is 3.67. The van der Waals surface area contributed by atoms with Gasteiger partial charge in [0, 0.05) is 12.6 Å². The number of nitrogens with one attached hydrogen (secondary N) is 1. The third-order valence-corrected chi connectivity index (χ3v) is 3.35. The predicted octanol–water partition coefficient (Wildman–Crippen LogP) is 2.02. The monoisotopic (exact) mass is 262 g/mol. The van der Waals surface area contributed by atoms with E-state index in [1.165, 1.54) is 0 Å². The first-order chi connectivity index (χ1) is 9.11. The topological polar surface area (TPSA) is 71.2 Å². The van der Waals surface area contributed by atoms with Crippen LogP contribution in [0, 0.1) is 5.92 Å². The van der Waals surface area contributed by atoms with Gasteiger partial charge in [0.2, 0.25) is 0 Å². The number of carbonyl (C=O) groups excluding carboxylic acids is 1. The number of carbonyl (C=O) groups is 1. The van der Waals surface area contributed by atoms with Gasteiger partial charge in [0.15, 0.2) is 0 Å². The van der Waals surface area contributed by atoms with E-state index >= 15 is 0 Å². The van der Waals surface area contributed by atoms with Gasteiger partial charge >= 0.3 is 0 Å². The van der Waals surface area contributed by atoms with Crippen LogP contribution in [0.3, 0.4) is 0 Å². The van der Waals surface area contributed by atoms with Crippen molar-refractivity contribution in [2.24, 2.45) is 11.8 Å².